The lowest BCUT2D eigenvalue weighted by atomic mass is 10.00. The topological polar surface area (TPSA) is 66.4 Å². The van der Waals surface area contributed by atoms with E-state index in [0.717, 1.165) is 5.75 Å². The Hall–Kier alpha value is -1.34. The van der Waals surface area contributed by atoms with Crippen molar-refractivity contribution in [3.05, 3.63) is 24.3 Å². The molecule has 0 aromatic heterocycles. The van der Waals surface area contributed by atoms with E-state index in [0.29, 0.717) is 5.75 Å². The first-order chi connectivity index (χ1) is 10.4. The van der Waals surface area contributed by atoms with Crippen LogP contribution in [0.2, 0.25) is 0 Å². The van der Waals surface area contributed by atoms with Crippen LogP contribution in [0.15, 0.2) is 24.3 Å². The summed E-state index contributed by atoms with van der Waals surface area (Å²) in [6.07, 6.45) is -2.74. The summed E-state index contributed by atoms with van der Waals surface area (Å²) in [7, 11) is 1.61. The second-order valence-electron chi connectivity index (χ2n) is 6.06. The zero-order valence-electron chi connectivity index (χ0n) is 13.2. The molecule has 0 bridgehead atoms. The monoisotopic (exact) mass is 310 g/mol. The van der Waals surface area contributed by atoms with Crippen LogP contribution in [0.1, 0.15) is 20.8 Å². The van der Waals surface area contributed by atoms with Crippen LogP contribution >= 0.6 is 0 Å². The minimum absolute atomic E-state index is 0.401. The molecule has 2 fully saturated rings. The molecule has 22 heavy (non-hydrogen) atoms. The largest absolute Gasteiger partial charge is 0.497 e. The molecule has 6 heteroatoms. The third kappa shape index (κ3) is 2.92. The summed E-state index contributed by atoms with van der Waals surface area (Å²) in [5, 5.41) is 10.2. The van der Waals surface area contributed by atoms with E-state index in [4.69, 9.17) is 23.7 Å². The van der Waals surface area contributed by atoms with Gasteiger partial charge >= 0.3 is 0 Å². The van der Waals surface area contributed by atoms with Crippen LogP contribution < -0.4 is 9.47 Å². The number of methoxy groups -OCH3 is 1. The van der Waals surface area contributed by atoms with Crippen molar-refractivity contribution in [1.82, 2.24) is 0 Å². The lowest BCUT2D eigenvalue weighted by Gasteiger charge is -2.38. The molecule has 0 aliphatic carbocycles. The van der Waals surface area contributed by atoms with Crippen molar-refractivity contribution in [3.8, 4) is 11.5 Å². The maximum atomic E-state index is 10.2. The molecule has 2 aliphatic heterocycles. The van der Waals surface area contributed by atoms with Gasteiger partial charge in [-0.05, 0) is 45.0 Å². The Bertz CT molecular complexity index is 514. The summed E-state index contributed by atoms with van der Waals surface area (Å²) in [6.45, 7) is 5.42. The zero-order valence-corrected chi connectivity index (χ0v) is 13.2. The fourth-order valence-corrected chi connectivity index (χ4v) is 2.81. The highest BCUT2D eigenvalue weighted by Crippen LogP contribution is 2.38. The molecule has 1 aromatic carbocycles. The van der Waals surface area contributed by atoms with Gasteiger partial charge in [0.1, 0.15) is 23.7 Å². The normalized spacial score (nSPS) is 36.7. The fraction of sp³-hybridized carbons (Fsp3) is 0.625. The summed E-state index contributed by atoms with van der Waals surface area (Å²) >= 11 is 0. The lowest BCUT2D eigenvalue weighted by molar-refractivity contribution is -0.241. The standard InChI is InChI=1S/C16H22O6/c1-9-12(17)13-14(22-16(2,3)21-13)15(19-9)20-11-7-5-10(18-4)6-8-11/h5-9,12-15,17H,1-4H3/t9-,12-,13+,14+,15-/m0/s1. The molecule has 1 aromatic rings. The van der Waals surface area contributed by atoms with Crippen molar-refractivity contribution >= 4 is 0 Å². The highest BCUT2D eigenvalue weighted by atomic mass is 16.8. The number of benzene rings is 1. The van der Waals surface area contributed by atoms with Gasteiger partial charge in [0.05, 0.1) is 13.2 Å². The molecule has 0 unspecified atom stereocenters. The summed E-state index contributed by atoms with van der Waals surface area (Å²) in [4.78, 5) is 0. The average Bonchev–Trinajstić information content (AvgIpc) is 2.81. The van der Waals surface area contributed by atoms with Gasteiger partial charge in [-0.15, -0.1) is 0 Å². The van der Waals surface area contributed by atoms with Crippen molar-refractivity contribution < 1.29 is 28.8 Å². The molecule has 5 atom stereocenters. The van der Waals surface area contributed by atoms with Crippen LogP contribution in [0, 0.1) is 0 Å². The van der Waals surface area contributed by atoms with Gasteiger partial charge in [-0.1, -0.05) is 0 Å². The van der Waals surface area contributed by atoms with Crippen molar-refractivity contribution in [2.45, 2.75) is 57.3 Å². The summed E-state index contributed by atoms with van der Waals surface area (Å²) in [5.41, 5.74) is 0. The number of hydrogen-bond donors (Lipinski definition) is 1. The quantitative estimate of drug-likeness (QED) is 0.916. The van der Waals surface area contributed by atoms with Crippen LogP contribution in [0.5, 0.6) is 11.5 Å². The van der Waals surface area contributed by atoms with E-state index in [9.17, 15) is 5.11 Å². The predicted octanol–water partition coefficient (Wildman–Crippen LogP) is 1.70. The zero-order chi connectivity index (χ0) is 15.9. The number of ether oxygens (including phenoxy) is 5. The molecule has 122 valence electrons. The van der Waals surface area contributed by atoms with Gasteiger partial charge in [0, 0.05) is 0 Å². The second kappa shape index (κ2) is 5.70. The minimum atomic E-state index is -0.773. The Balaban J connectivity index is 1.77. The summed E-state index contributed by atoms with van der Waals surface area (Å²) in [5.74, 6) is 0.618. The van der Waals surface area contributed by atoms with Crippen LogP contribution in [-0.4, -0.2) is 48.7 Å². The third-order valence-electron chi connectivity index (χ3n) is 3.91. The molecule has 1 N–H and O–H groups in total. The minimum Gasteiger partial charge on any atom is -0.497 e. The number of rotatable bonds is 3. The van der Waals surface area contributed by atoms with Crippen LogP contribution in [0.3, 0.4) is 0 Å². The Morgan fingerprint density at radius 2 is 1.64 bits per heavy atom. The molecule has 3 rings (SSSR count). The van der Waals surface area contributed by atoms with Crippen molar-refractivity contribution in [2.75, 3.05) is 7.11 Å². The maximum absolute atomic E-state index is 10.2. The van der Waals surface area contributed by atoms with Gasteiger partial charge in [-0.3, -0.25) is 0 Å². The molecular weight excluding hydrogens is 288 g/mol. The Labute approximate surface area is 129 Å². The van der Waals surface area contributed by atoms with E-state index >= 15 is 0 Å². The number of fused-ring (bicyclic) bond motifs is 1. The molecule has 6 nitrogen and oxygen atoms in total. The second-order valence-corrected chi connectivity index (χ2v) is 6.06. The predicted molar refractivity (Wildman–Crippen MR) is 77.8 cm³/mol. The first kappa shape index (κ1) is 15.6. The van der Waals surface area contributed by atoms with E-state index < -0.39 is 36.5 Å². The summed E-state index contributed by atoms with van der Waals surface area (Å²) < 4.78 is 28.4. The van der Waals surface area contributed by atoms with Gasteiger partial charge in [0.2, 0.25) is 6.29 Å². The van der Waals surface area contributed by atoms with Crippen molar-refractivity contribution in [2.24, 2.45) is 0 Å². The fourth-order valence-electron chi connectivity index (χ4n) is 2.81. The van der Waals surface area contributed by atoms with E-state index in [2.05, 4.69) is 0 Å². The Morgan fingerprint density at radius 1 is 1.05 bits per heavy atom. The van der Waals surface area contributed by atoms with Gasteiger partial charge in [0.25, 0.3) is 0 Å². The lowest BCUT2D eigenvalue weighted by Crippen LogP contribution is -2.56. The average molecular weight is 310 g/mol. The van der Waals surface area contributed by atoms with Crippen molar-refractivity contribution in [1.29, 1.82) is 0 Å². The Morgan fingerprint density at radius 3 is 2.27 bits per heavy atom. The highest BCUT2D eigenvalue weighted by Gasteiger charge is 2.54. The highest BCUT2D eigenvalue weighted by molar-refractivity contribution is 5.31. The number of hydrogen-bond acceptors (Lipinski definition) is 6. The molecule has 0 spiro atoms. The van der Waals surface area contributed by atoms with Crippen LogP contribution in [0.25, 0.3) is 0 Å². The maximum Gasteiger partial charge on any atom is 0.229 e. The molecular formula is C16H22O6. The van der Waals surface area contributed by atoms with E-state index in [1.807, 2.05) is 26.0 Å². The van der Waals surface area contributed by atoms with Crippen LogP contribution in [-0.2, 0) is 14.2 Å². The van der Waals surface area contributed by atoms with Gasteiger partial charge < -0.3 is 28.8 Å². The molecule has 0 radical (unpaired) electrons. The number of aliphatic hydroxyl groups is 1. The van der Waals surface area contributed by atoms with E-state index in [1.165, 1.54) is 0 Å². The Kier molecular flexibility index (Phi) is 4.03. The van der Waals surface area contributed by atoms with Crippen LogP contribution in [0.4, 0.5) is 0 Å². The van der Waals surface area contributed by atoms with E-state index in [-0.39, 0.29) is 0 Å². The molecule has 0 saturated carbocycles. The molecule has 0 amide bonds. The SMILES string of the molecule is COc1ccc(O[C@@H]2O[C@@H](C)[C@H](O)[C@H]3OC(C)(C)O[C@@H]23)cc1. The smallest absolute Gasteiger partial charge is 0.229 e. The van der Waals surface area contributed by atoms with Gasteiger partial charge in [-0.2, -0.15) is 0 Å². The third-order valence-corrected chi connectivity index (χ3v) is 3.91. The molecule has 2 aliphatic rings. The van der Waals surface area contributed by atoms with Crippen molar-refractivity contribution in [3.63, 3.8) is 0 Å². The first-order valence-electron chi connectivity index (χ1n) is 7.39. The molecule has 2 heterocycles. The number of aliphatic hydroxyl groups excluding tert-OH is 1. The van der Waals surface area contributed by atoms with Gasteiger partial charge in [-0.25, -0.2) is 0 Å². The summed E-state index contributed by atoms with van der Waals surface area (Å²) in [6, 6.07) is 7.22. The van der Waals surface area contributed by atoms with E-state index in [1.54, 1.807) is 26.2 Å². The molecule has 2 saturated heterocycles. The van der Waals surface area contributed by atoms with Gasteiger partial charge in [0.15, 0.2) is 11.9 Å². The first-order valence-corrected chi connectivity index (χ1v) is 7.39.